The van der Waals surface area contributed by atoms with Gasteiger partial charge in [0.2, 0.25) is 6.79 Å². The van der Waals surface area contributed by atoms with Gasteiger partial charge in [0, 0.05) is 5.56 Å². The van der Waals surface area contributed by atoms with Gasteiger partial charge < -0.3 is 14.8 Å². The van der Waals surface area contributed by atoms with E-state index in [1.54, 1.807) is 0 Å². The number of rotatable bonds is 5. The quantitative estimate of drug-likeness (QED) is 0.694. The smallest absolute Gasteiger partial charge is 0.271 e. The van der Waals surface area contributed by atoms with Gasteiger partial charge in [-0.05, 0) is 48.1 Å². The molecule has 6 nitrogen and oxygen atoms in total. The van der Waals surface area contributed by atoms with Gasteiger partial charge in [-0.15, -0.1) is 0 Å². The summed E-state index contributed by atoms with van der Waals surface area (Å²) in [6.07, 6.45) is 1.68. The molecule has 1 N–H and O–H groups in total. The van der Waals surface area contributed by atoms with Gasteiger partial charge in [-0.3, -0.25) is 4.79 Å². The average molecular weight is 403 g/mol. The van der Waals surface area contributed by atoms with Crippen molar-refractivity contribution in [2.45, 2.75) is 39.7 Å². The number of fused-ring (bicyclic) bond motifs is 2. The van der Waals surface area contributed by atoms with Crippen molar-refractivity contribution in [3.63, 3.8) is 0 Å². The van der Waals surface area contributed by atoms with Crippen LogP contribution < -0.4 is 14.8 Å². The average Bonchev–Trinajstić information content (AvgIpc) is 3.43. The predicted molar refractivity (Wildman–Crippen MR) is 113 cm³/mol. The van der Waals surface area contributed by atoms with Crippen molar-refractivity contribution in [2.75, 3.05) is 6.79 Å². The molecule has 1 aromatic heterocycles. The van der Waals surface area contributed by atoms with Crippen LogP contribution in [-0.2, 0) is 12.8 Å². The standard InChI is InChI=1S/C24H25N3O3/c1-4-15-7-5-6-8-18(15)27-23-21(17(26-27)11-14(2)3)22(25-24(23)28)16-9-10-19-20(12-16)30-13-29-19/h5-10,12,14,22H,4,11,13H2,1-3H3,(H,25,28). The van der Waals surface area contributed by atoms with E-state index in [2.05, 4.69) is 32.2 Å². The number of aryl methyl sites for hydroxylation is 1. The number of carbonyl (C=O) groups is 1. The molecule has 0 saturated carbocycles. The summed E-state index contributed by atoms with van der Waals surface area (Å²) < 4.78 is 12.8. The second-order valence-corrected chi connectivity index (χ2v) is 8.22. The van der Waals surface area contributed by atoms with Crippen molar-refractivity contribution in [1.82, 2.24) is 15.1 Å². The number of aromatic nitrogens is 2. The Hall–Kier alpha value is -3.28. The maximum atomic E-state index is 13.1. The summed E-state index contributed by atoms with van der Waals surface area (Å²) in [5, 5.41) is 8.12. The topological polar surface area (TPSA) is 65.4 Å². The largest absolute Gasteiger partial charge is 0.454 e. The van der Waals surface area contributed by atoms with Gasteiger partial charge in [0.05, 0.1) is 17.4 Å². The number of nitrogens with one attached hydrogen (secondary N) is 1. The SMILES string of the molecule is CCc1ccccc1-n1nc(CC(C)C)c2c1C(=O)NC2c1ccc2c(c1)OCO2. The van der Waals surface area contributed by atoms with Crippen LogP contribution in [0.15, 0.2) is 42.5 Å². The van der Waals surface area contributed by atoms with Crippen molar-refractivity contribution in [2.24, 2.45) is 5.92 Å². The lowest BCUT2D eigenvalue weighted by molar-refractivity contribution is 0.0953. The molecule has 30 heavy (non-hydrogen) atoms. The Morgan fingerprint density at radius 1 is 1.17 bits per heavy atom. The third-order valence-electron chi connectivity index (χ3n) is 5.71. The van der Waals surface area contributed by atoms with Gasteiger partial charge in [0.1, 0.15) is 5.69 Å². The summed E-state index contributed by atoms with van der Waals surface area (Å²) in [5.41, 5.74) is 5.67. The molecule has 3 aromatic rings. The zero-order chi connectivity index (χ0) is 20.8. The summed E-state index contributed by atoms with van der Waals surface area (Å²) in [6.45, 7) is 6.69. The molecule has 0 fully saturated rings. The van der Waals surface area contributed by atoms with E-state index in [0.717, 1.165) is 41.1 Å². The minimum absolute atomic E-state index is 0.0962. The van der Waals surface area contributed by atoms with Gasteiger partial charge in [-0.25, -0.2) is 4.68 Å². The van der Waals surface area contributed by atoms with Crippen LogP contribution in [0, 0.1) is 5.92 Å². The van der Waals surface area contributed by atoms with Gasteiger partial charge in [0.25, 0.3) is 5.91 Å². The van der Waals surface area contributed by atoms with Crippen molar-refractivity contribution in [1.29, 1.82) is 0 Å². The Bertz CT molecular complexity index is 1130. The molecule has 3 heterocycles. The third-order valence-corrected chi connectivity index (χ3v) is 5.71. The van der Waals surface area contributed by atoms with E-state index >= 15 is 0 Å². The van der Waals surface area contributed by atoms with E-state index in [-0.39, 0.29) is 18.7 Å². The van der Waals surface area contributed by atoms with Crippen LogP contribution in [-0.4, -0.2) is 22.5 Å². The molecule has 0 bridgehead atoms. The summed E-state index contributed by atoms with van der Waals surface area (Å²) in [6, 6.07) is 13.7. The van der Waals surface area contributed by atoms with Gasteiger partial charge in [0.15, 0.2) is 11.5 Å². The summed E-state index contributed by atoms with van der Waals surface area (Å²) >= 11 is 0. The normalized spacial score (nSPS) is 16.8. The second-order valence-electron chi connectivity index (χ2n) is 8.22. The molecule has 2 aliphatic rings. The number of hydrogen-bond acceptors (Lipinski definition) is 4. The van der Waals surface area contributed by atoms with Crippen molar-refractivity contribution in [3.05, 3.63) is 70.5 Å². The summed E-state index contributed by atoms with van der Waals surface area (Å²) in [7, 11) is 0. The van der Waals surface area contributed by atoms with E-state index < -0.39 is 0 Å². The number of nitrogens with zero attached hydrogens (tertiary/aromatic N) is 2. The molecule has 2 aromatic carbocycles. The molecule has 0 spiro atoms. The number of hydrogen-bond donors (Lipinski definition) is 1. The number of benzene rings is 2. The Balaban J connectivity index is 1.68. The zero-order valence-electron chi connectivity index (χ0n) is 17.4. The van der Waals surface area contributed by atoms with E-state index in [1.165, 1.54) is 5.56 Å². The number of ether oxygens (including phenoxy) is 2. The molecular weight excluding hydrogens is 378 g/mol. The van der Waals surface area contributed by atoms with Crippen LogP contribution in [0.5, 0.6) is 11.5 Å². The van der Waals surface area contributed by atoms with Crippen LogP contribution >= 0.6 is 0 Å². The highest BCUT2D eigenvalue weighted by Crippen LogP contribution is 2.40. The fraction of sp³-hybridized carbons (Fsp3) is 0.333. The maximum Gasteiger partial charge on any atom is 0.271 e. The van der Waals surface area contributed by atoms with Crippen molar-refractivity contribution in [3.8, 4) is 17.2 Å². The first kappa shape index (κ1) is 18.7. The fourth-order valence-corrected chi connectivity index (χ4v) is 4.34. The van der Waals surface area contributed by atoms with Crippen LogP contribution in [0.1, 0.15) is 59.7 Å². The Labute approximate surface area is 175 Å². The number of carbonyl (C=O) groups excluding carboxylic acids is 1. The van der Waals surface area contributed by atoms with Crippen molar-refractivity contribution >= 4 is 5.91 Å². The number of para-hydroxylation sites is 1. The monoisotopic (exact) mass is 403 g/mol. The van der Waals surface area contributed by atoms with E-state index in [1.807, 2.05) is 41.1 Å². The third kappa shape index (κ3) is 2.95. The molecule has 0 saturated heterocycles. The molecule has 0 aliphatic carbocycles. The maximum absolute atomic E-state index is 13.1. The highest BCUT2D eigenvalue weighted by Gasteiger charge is 2.38. The lowest BCUT2D eigenvalue weighted by Crippen LogP contribution is -2.23. The first-order valence-corrected chi connectivity index (χ1v) is 10.5. The van der Waals surface area contributed by atoms with E-state index in [9.17, 15) is 4.79 Å². The van der Waals surface area contributed by atoms with Crippen LogP contribution in [0.25, 0.3) is 5.69 Å². The molecule has 1 unspecified atom stereocenters. The molecule has 1 atom stereocenters. The Morgan fingerprint density at radius 3 is 2.77 bits per heavy atom. The Kier molecular flexibility index (Phi) is 4.50. The fourth-order valence-electron chi connectivity index (χ4n) is 4.34. The second kappa shape index (κ2) is 7.20. The van der Waals surface area contributed by atoms with Crippen LogP contribution in [0.3, 0.4) is 0 Å². The highest BCUT2D eigenvalue weighted by atomic mass is 16.7. The molecule has 2 aliphatic heterocycles. The lowest BCUT2D eigenvalue weighted by Gasteiger charge is -2.14. The summed E-state index contributed by atoms with van der Waals surface area (Å²) in [4.78, 5) is 13.1. The van der Waals surface area contributed by atoms with E-state index in [4.69, 9.17) is 14.6 Å². The minimum Gasteiger partial charge on any atom is -0.454 e. The van der Waals surface area contributed by atoms with Crippen LogP contribution in [0.4, 0.5) is 0 Å². The first-order valence-electron chi connectivity index (χ1n) is 10.5. The first-order chi connectivity index (χ1) is 14.6. The van der Waals surface area contributed by atoms with Gasteiger partial charge >= 0.3 is 0 Å². The summed E-state index contributed by atoms with van der Waals surface area (Å²) in [5.74, 6) is 1.77. The molecule has 1 amide bonds. The number of amides is 1. The van der Waals surface area contributed by atoms with Crippen LogP contribution in [0.2, 0.25) is 0 Å². The van der Waals surface area contributed by atoms with E-state index in [0.29, 0.717) is 17.4 Å². The van der Waals surface area contributed by atoms with Crippen molar-refractivity contribution < 1.29 is 14.3 Å². The molecular formula is C24H25N3O3. The lowest BCUT2D eigenvalue weighted by atomic mass is 9.95. The van der Waals surface area contributed by atoms with Gasteiger partial charge in [-0.2, -0.15) is 5.10 Å². The molecule has 6 heteroatoms. The Morgan fingerprint density at radius 2 is 1.97 bits per heavy atom. The molecule has 5 rings (SSSR count). The van der Waals surface area contributed by atoms with Gasteiger partial charge in [-0.1, -0.05) is 45.0 Å². The zero-order valence-corrected chi connectivity index (χ0v) is 17.4. The minimum atomic E-state index is -0.252. The molecule has 0 radical (unpaired) electrons. The highest BCUT2D eigenvalue weighted by molar-refractivity contribution is 5.99. The molecule has 154 valence electrons. The predicted octanol–water partition coefficient (Wildman–Crippen LogP) is 4.19.